The van der Waals surface area contributed by atoms with E-state index in [9.17, 15) is 4.79 Å². The molecule has 0 aliphatic carbocycles. The molecule has 158 valence electrons. The first-order valence-corrected chi connectivity index (χ1v) is 11.2. The van der Waals surface area contributed by atoms with Gasteiger partial charge in [-0.05, 0) is 57.6 Å². The summed E-state index contributed by atoms with van der Waals surface area (Å²) in [7, 11) is 0. The third-order valence-electron chi connectivity index (χ3n) is 5.68. The largest absolute Gasteiger partial charge is 0.354 e. The fourth-order valence-corrected chi connectivity index (χ4v) is 4.23. The van der Waals surface area contributed by atoms with Gasteiger partial charge in [-0.25, -0.2) is 0 Å². The lowest BCUT2D eigenvalue weighted by Crippen LogP contribution is -2.47. The molecule has 1 saturated heterocycles. The van der Waals surface area contributed by atoms with Gasteiger partial charge < -0.3 is 5.32 Å². The van der Waals surface area contributed by atoms with Crippen LogP contribution < -0.4 is 5.32 Å². The fraction of sp³-hybridized carbons (Fsp3) is 0.591. The van der Waals surface area contributed by atoms with Gasteiger partial charge in [-0.3, -0.25) is 19.4 Å². The topological polar surface area (TPSA) is 66.0 Å². The normalized spacial score (nSPS) is 17.4. The molecule has 1 atom stereocenters. The van der Waals surface area contributed by atoms with Gasteiger partial charge >= 0.3 is 0 Å². The number of piperidine rings is 1. The third kappa shape index (κ3) is 6.00. The SMILES string of the molecule is CCCCN1CCCCC1CNC(=O)CCn1c(-c2cccc(C)c2)n[nH]c1=S. The molecule has 7 heteroatoms. The second-order valence-corrected chi connectivity index (χ2v) is 8.35. The molecule has 0 bridgehead atoms. The second kappa shape index (κ2) is 10.7. The number of hydrogen-bond acceptors (Lipinski definition) is 4. The standard InChI is InChI=1S/C22H33N5OS/c1-3-4-12-26-13-6-5-10-19(26)16-23-20(28)11-14-27-21(24-25-22(27)29)18-9-7-8-17(2)15-18/h7-9,15,19H,3-6,10-14,16H2,1-2H3,(H,23,28)(H,25,29). The number of unbranched alkanes of at least 4 members (excludes halogenated alkanes) is 1. The molecule has 1 unspecified atom stereocenters. The summed E-state index contributed by atoms with van der Waals surface area (Å²) in [4.78, 5) is 15.1. The molecule has 1 aromatic heterocycles. The Morgan fingerprint density at radius 3 is 3.00 bits per heavy atom. The minimum atomic E-state index is 0.0734. The Morgan fingerprint density at radius 2 is 2.21 bits per heavy atom. The first kappa shape index (κ1) is 21.7. The van der Waals surface area contributed by atoms with Crippen molar-refractivity contribution in [1.82, 2.24) is 25.0 Å². The van der Waals surface area contributed by atoms with Crippen molar-refractivity contribution in [3.63, 3.8) is 0 Å². The molecule has 3 rings (SSSR count). The molecule has 2 heterocycles. The Morgan fingerprint density at radius 1 is 1.34 bits per heavy atom. The van der Waals surface area contributed by atoms with Gasteiger partial charge in [0.2, 0.25) is 5.91 Å². The Hall–Kier alpha value is -1.99. The zero-order valence-corrected chi connectivity index (χ0v) is 18.4. The van der Waals surface area contributed by atoms with Gasteiger partial charge in [0.1, 0.15) is 0 Å². The molecule has 2 N–H and O–H groups in total. The molecule has 1 fully saturated rings. The van der Waals surface area contributed by atoms with Crippen LogP contribution >= 0.6 is 12.2 Å². The van der Waals surface area contributed by atoms with Gasteiger partial charge in [-0.15, -0.1) is 0 Å². The summed E-state index contributed by atoms with van der Waals surface area (Å²) in [6, 6.07) is 8.63. The number of nitrogens with one attached hydrogen (secondary N) is 2. The number of aryl methyl sites for hydroxylation is 1. The summed E-state index contributed by atoms with van der Waals surface area (Å²) < 4.78 is 2.46. The van der Waals surface area contributed by atoms with Crippen molar-refractivity contribution < 1.29 is 4.79 Å². The van der Waals surface area contributed by atoms with Gasteiger partial charge in [-0.2, -0.15) is 5.10 Å². The maximum atomic E-state index is 12.5. The van der Waals surface area contributed by atoms with E-state index in [1.807, 2.05) is 16.7 Å². The summed E-state index contributed by atoms with van der Waals surface area (Å²) in [6.07, 6.45) is 6.54. The summed E-state index contributed by atoms with van der Waals surface area (Å²) >= 11 is 5.39. The smallest absolute Gasteiger partial charge is 0.221 e. The maximum absolute atomic E-state index is 12.5. The van der Waals surface area contributed by atoms with Gasteiger partial charge in [0.25, 0.3) is 0 Å². The average molecular weight is 416 g/mol. The first-order chi connectivity index (χ1) is 14.1. The molecule has 0 spiro atoms. The van der Waals surface area contributed by atoms with Crippen molar-refractivity contribution in [2.45, 2.75) is 65.0 Å². The molecule has 2 aromatic rings. The lowest BCUT2D eigenvalue weighted by molar-refractivity contribution is -0.121. The summed E-state index contributed by atoms with van der Waals surface area (Å²) in [5, 5.41) is 10.4. The van der Waals surface area contributed by atoms with Crippen molar-refractivity contribution in [1.29, 1.82) is 0 Å². The number of carbonyl (C=O) groups excluding carboxylic acids is 1. The van der Waals surface area contributed by atoms with Crippen LogP contribution in [0.2, 0.25) is 0 Å². The third-order valence-corrected chi connectivity index (χ3v) is 5.99. The molecule has 6 nitrogen and oxygen atoms in total. The zero-order chi connectivity index (χ0) is 20.6. The lowest BCUT2D eigenvalue weighted by Gasteiger charge is -2.35. The van der Waals surface area contributed by atoms with Crippen LogP contribution in [0.5, 0.6) is 0 Å². The van der Waals surface area contributed by atoms with Crippen molar-refractivity contribution in [3.05, 3.63) is 34.6 Å². The van der Waals surface area contributed by atoms with Crippen molar-refractivity contribution in [3.8, 4) is 11.4 Å². The second-order valence-electron chi connectivity index (χ2n) is 7.97. The van der Waals surface area contributed by atoms with Crippen LogP contribution in [0.3, 0.4) is 0 Å². The number of H-pyrrole nitrogens is 1. The van der Waals surface area contributed by atoms with E-state index in [0.29, 0.717) is 23.8 Å². The van der Waals surface area contributed by atoms with Gasteiger partial charge in [-0.1, -0.05) is 43.5 Å². The van der Waals surface area contributed by atoms with E-state index >= 15 is 0 Å². The summed E-state index contributed by atoms with van der Waals surface area (Å²) in [5.41, 5.74) is 2.17. The van der Waals surface area contributed by atoms with Crippen molar-refractivity contribution in [2.75, 3.05) is 19.6 Å². The molecule has 0 saturated carbocycles. The number of hydrogen-bond donors (Lipinski definition) is 2. The van der Waals surface area contributed by atoms with Crippen LogP contribution in [0.15, 0.2) is 24.3 Å². The monoisotopic (exact) mass is 415 g/mol. The number of rotatable bonds is 9. The highest BCUT2D eigenvalue weighted by Crippen LogP contribution is 2.19. The first-order valence-electron chi connectivity index (χ1n) is 10.8. The Kier molecular flexibility index (Phi) is 8.00. The van der Waals surface area contributed by atoms with E-state index < -0.39 is 0 Å². The van der Waals surface area contributed by atoms with E-state index in [-0.39, 0.29) is 5.91 Å². The number of amides is 1. The minimum Gasteiger partial charge on any atom is -0.354 e. The molecular formula is C22H33N5OS. The minimum absolute atomic E-state index is 0.0734. The number of benzene rings is 1. The molecule has 1 amide bonds. The Bertz CT molecular complexity index is 859. The molecule has 0 radical (unpaired) electrons. The highest BCUT2D eigenvalue weighted by atomic mass is 32.1. The van der Waals surface area contributed by atoms with Crippen molar-refractivity contribution in [2.24, 2.45) is 0 Å². The van der Waals surface area contributed by atoms with Crippen LogP contribution in [0.25, 0.3) is 11.4 Å². The number of nitrogens with zero attached hydrogens (tertiary/aromatic N) is 3. The highest BCUT2D eigenvalue weighted by Gasteiger charge is 2.22. The Balaban J connectivity index is 1.55. The van der Waals surface area contributed by atoms with E-state index in [2.05, 4.69) is 46.4 Å². The van der Waals surface area contributed by atoms with Crippen LogP contribution in [0.1, 0.15) is 51.0 Å². The highest BCUT2D eigenvalue weighted by molar-refractivity contribution is 7.71. The summed E-state index contributed by atoms with van der Waals surface area (Å²) in [6.45, 7) is 7.84. The molecule has 1 aliphatic rings. The van der Waals surface area contributed by atoms with Crippen molar-refractivity contribution >= 4 is 18.1 Å². The van der Waals surface area contributed by atoms with Crippen LogP contribution in [-0.2, 0) is 11.3 Å². The van der Waals surface area contributed by atoms with Gasteiger partial charge in [0.05, 0.1) is 0 Å². The van der Waals surface area contributed by atoms with E-state index in [4.69, 9.17) is 12.2 Å². The predicted molar refractivity (Wildman–Crippen MR) is 119 cm³/mol. The van der Waals surface area contributed by atoms with Crippen LogP contribution in [0.4, 0.5) is 0 Å². The summed E-state index contributed by atoms with van der Waals surface area (Å²) in [5.74, 6) is 0.855. The maximum Gasteiger partial charge on any atom is 0.221 e. The molecule has 1 aliphatic heterocycles. The number of aromatic nitrogens is 3. The quantitative estimate of drug-likeness (QED) is 0.606. The predicted octanol–water partition coefficient (Wildman–Crippen LogP) is 4.08. The Labute approximate surface area is 178 Å². The zero-order valence-electron chi connectivity index (χ0n) is 17.6. The molecule has 1 aromatic carbocycles. The number of likely N-dealkylation sites (tertiary alicyclic amines) is 1. The van der Waals surface area contributed by atoms with Gasteiger partial charge in [0, 0.05) is 31.1 Å². The van der Waals surface area contributed by atoms with Crippen LogP contribution in [-0.4, -0.2) is 51.2 Å². The number of aromatic amines is 1. The van der Waals surface area contributed by atoms with E-state index in [1.165, 1.54) is 37.7 Å². The average Bonchev–Trinajstić information content (AvgIpc) is 3.10. The van der Waals surface area contributed by atoms with Crippen LogP contribution in [0, 0.1) is 11.7 Å². The molecule has 29 heavy (non-hydrogen) atoms. The van der Waals surface area contributed by atoms with Gasteiger partial charge in [0.15, 0.2) is 10.6 Å². The van der Waals surface area contributed by atoms with E-state index in [1.54, 1.807) is 0 Å². The van der Waals surface area contributed by atoms with E-state index in [0.717, 1.165) is 31.0 Å². The molecular weight excluding hydrogens is 382 g/mol. The number of carbonyl (C=O) groups is 1. The fourth-order valence-electron chi connectivity index (χ4n) is 4.01. The lowest BCUT2D eigenvalue weighted by atomic mass is 10.0.